The molecule has 0 spiro atoms. The highest BCUT2D eigenvalue weighted by Gasteiger charge is 1.96. The van der Waals surface area contributed by atoms with E-state index in [4.69, 9.17) is 16.4 Å². The van der Waals surface area contributed by atoms with Crippen LogP contribution in [0.2, 0.25) is 5.02 Å². The van der Waals surface area contributed by atoms with E-state index >= 15 is 0 Å². The number of benzene rings is 2. The maximum absolute atomic E-state index is 6.01. The van der Waals surface area contributed by atoms with Crippen molar-refractivity contribution < 1.29 is 4.84 Å². The van der Waals surface area contributed by atoms with E-state index in [9.17, 15) is 0 Å². The average molecular weight is 274 g/mol. The molecule has 0 saturated heterocycles. The second kappa shape index (κ2) is 6.95. The summed E-state index contributed by atoms with van der Waals surface area (Å²) in [5.74, 6) is 0. The van der Waals surface area contributed by atoms with Crippen molar-refractivity contribution in [1.82, 2.24) is 0 Å². The maximum Gasteiger partial charge on any atom is 0.142 e. The minimum Gasteiger partial charge on any atom is -0.391 e. The third-order valence-corrected chi connectivity index (χ3v) is 3.15. The molecule has 0 radical (unpaired) electrons. The lowest BCUT2D eigenvalue weighted by Crippen LogP contribution is -1.90. The SMILES string of the molecule is CCc1cccc(CON=Cc2ccccc2Cl)c1. The summed E-state index contributed by atoms with van der Waals surface area (Å²) in [5.41, 5.74) is 3.28. The number of hydrogen-bond acceptors (Lipinski definition) is 2. The van der Waals surface area contributed by atoms with Crippen molar-refractivity contribution in [2.75, 3.05) is 0 Å². The lowest BCUT2D eigenvalue weighted by atomic mass is 10.1. The summed E-state index contributed by atoms with van der Waals surface area (Å²) in [6, 6.07) is 15.8. The minimum atomic E-state index is 0.467. The normalized spacial score (nSPS) is 10.8. The highest BCUT2D eigenvalue weighted by Crippen LogP contribution is 2.12. The van der Waals surface area contributed by atoms with E-state index in [-0.39, 0.29) is 0 Å². The second-order valence-corrected chi connectivity index (χ2v) is 4.61. The number of oxime groups is 1. The monoisotopic (exact) mass is 273 g/mol. The zero-order chi connectivity index (χ0) is 13.5. The molecule has 98 valence electrons. The standard InChI is InChI=1S/C16H16ClNO/c1-2-13-6-5-7-14(10-13)12-19-18-11-15-8-3-4-9-16(15)17/h3-11H,2,12H2,1H3. The number of nitrogens with zero attached hydrogens (tertiary/aromatic N) is 1. The van der Waals surface area contributed by atoms with Crippen molar-refractivity contribution in [3.05, 3.63) is 70.2 Å². The molecule has 2 rings (SSSR count). The van der Waals surface area contributed by atoms with E-state index in [1.807, 2.05) is 36.4 Å². The molecule has 3 heteroatoms. The van der Waals surface area contributed by atoms with Crippen LogP contribution in [0, 0.1) is 0 Å². The molecule has 0 N–H and O–H groups in total. The Morgan fingerprint density at radius 2 is 1.89 bits per heavy atom. The summed E-state index contributed by atoms with van der Waals surface area (Å²) in [4.78, 5) is 5.29. The molecule has 0 fully saturated rings. The lowest BCUT2D eigenvalue weighted by molar-refractivity contribution is 0.132. The Morgan fingerprint density at radius 3 is 2.68 bits per heavy atom. The van der Waals surface area contributed by atoms with Gasteiger partial charge in [-0.3, -0.25) is 0 Å². The lowest BCUT2D eigenvalue weighted by Gasteiger charge is -2.02. The van der Waals surface area contributed by atoms with Gasteiger partial charge in [-0.2, -0.15) is 0 Å². The highest BCUT2D eigenvalue weighted by atomic mass is 35.5. The Bertz CT molecular complexity index is 566. The van der Waals surface area contributed by atoms with Crippen molar-refractivity contribution in [3.63, 3.8) is 0 Å². The third kappa shape index (κ3) is 4.11. The van der Waals surface area contributed by atoms with Crippen LogP contribution >= 0.6 is 11.6 Å². The van der Waals surface area contributed by atoms with Crippen LogP contribution in [0.5, 0.6) is 0 Å². The van der Waals surface area contributed by atoms with Crippen LogP contribution in [0.4, 0.5) is 0 Å². The molecule has 0 aliphatic rings. The van der Waals surface area contributed by atoms with Crippen LogP contribution in [0.3, 0.4) is 0 Å². The van der Waals surface area contributed by atoms with Gasteiger partial charge in [0.2, 0.25) is 0 Å². The summed E-state index contributed by atoms with van der Waals surface area (Å²) in [5, 5.41) is 4.61. The number of halogens is 1. The maximum atomic E-state index is 6.01. The summed E-state index contributed by atoms with van der Waals surface area (Å²) in [7, 11) is 0. The molecule has 0 unspecified atom stereocenters. The molecule has 2 nitrogen and oxygen atoms in total. The van der Waals surface area contributed by atoms with E-state index in [0.29, 0.717) is 11.6 Å². The van der Waals surface area contributed by atoms with Crippen molar-refractivity contribution in [3.8, 4) is 0 Å². The van der Waals surface area contributed by atoms with Crippen molar-refractivity contribution in [2.45, 2.75) is 20.0 Å². The fourth-order valence-electron chi connectivity index (χ4n) is 1.73. The first-order valence-corrected chi connectivity index (χ1v) is 6.65. The summed E-state index contributed by atoms with van der Waals surface area (Å²) < 4.78 is 0. The molecule has 2 aromatic rings. The van der Waals surface area contributed by atoms with E-state index in [2.05, 4.69) is 24.2 Å². The van der Waals surface area contributed by atoms with Gasteiger partial charge in [0.15, 0.2) is 0 Å². The van der Waals surface area contributed by atoms with Crippen LogP contribution in [0.25, 0.3) is 0 Å². The Kier molecular flexibility index (Phi) is 4.99. The Morgan fingerprint density at radius 1 is 1.11 bits per heavy atom. The number of aryl methyl sites for hydroxylation is 1. The average Bonchev–Trinajstić information content (AvgIpc) is 2.45. The first-order valence-electron chi connectivity index (χ1n) is 6.27. The third-order valence-electron chi connectivity index (χ3n) is 2.80. The topological polar surface area (TPSA) is 21.6 Å². The Balaban J connectivity index is 1.91. The molecule has 0 amide bonds. The van der Waals surface area contributed by atoms with Crippen LogP contribution < -0.4 is 0 Å². The molecule has 0 atom stereocenters. The van der Waals surface area contributed by atoms with Crippen molar-refractivity contribution in [1.29, 1.82) is 0 Å². The van der Waals surface area contributed by atoms with Crippen LogP contribution in [0.1, 0.15) is 23.6 Å². The van der Waals surface area contributed by atoms with Crippen LogP contribution in [-0.2, 0) is 17.9 Å². The highest BCUT2D eigenvalue weighted by molar-refractivity contribution is 6.33. The largest absolute Gasteiger partial charge is 0.391 e. The van der Waals surface area contributed by atoms with Gasteiger partial charge < -0.3 is 4.84 Å². The van der Waals surface area contributed by atoms with Crippen molar-refractivity contribution >= 4 is 17.8 Å². The molecular weight excluding hydrogens is 258 g/mol. The first kappa shape index (κ1) is 13.6. The molecule has 0 aromatic heterocycles. The van der Waals surface area contributed by atoms with Crippen LogP contribution in [0.15, 0.2) is 53.7 Å². The van der Waals surface area contributed by atoms with Gasteiger partial charge in [0, 0.05) is 10.6 Å². The van der Waals surface area contributed by atoms with Gasteiger partial charge in [-0.1, -0.05) is 66.1 Å². The molecule has 2 aromatic carbocycles. The molecule has 0 saturated carbocycles. The van der Waals surface area contributed by atoms with E-state index in [1.54, 1.807) is 6.21 Å². The van der Waals surface area contributed by atoms with E-state index in [1.165, 1.54) is 5.56 Å². The zero-order valence-electron chi connectivity index (χ0n) is 10.8. The predicted molar refractivity (Wildman–Crippen MR) is 79.7 cm³/mol. The summed E-state index contributed by atoms with van der Waals surface area (Å²) in [6.07, 6.45) is 2.66. The fourth-order valence-corrected chi connectivity index (χ4v) is 1.91. The zero-order valence-corrected chi connectivity index (χ0v) is 11.6. The van der Waals surface area contributed by atoms with E-state index < -0.39 is 0 Å². The Hall–Kier alpha value is -1.80. The van der Waals surface area contributed by atoms with Gasteiger partial charge in [0.25, 0.3) is 0 Å². The first-order chi connectivity index (χ1) is 9.29. The molecule has 0 heterocycles. The smallest absolute Gasteiger partial charge is 0.142 e. The molecule has 0 bridgehead atoms. The second-order valence-electron chi connectivity index (χ2n) is 4.20. The van der Waals surface area contributed by atoms with Gasteiger partial charge >= 0.3 is 0 Å². The predicted octanol–water partition coefficient (Wildman–Crippen LogP) is 4.45. The van der Waals surface area contributed by atoms with Gasteiger partial charge in [0.05, 0.1) is 6.21 Å². The minimum absolute atomic E-state index is 0.467. The molecule has 0 aliphatic carbocycles. The van der Waals surface area contributed by atoms with Gasteiger partial charge in [0.1, 0.15) is 6.61 Å². The summed E-state index contributed by atoms with van der Waals surface area (Å²) in [6.45, 7) is 2.60. The quantitative estimate of drug-likeness (QED) is 0.582. The van der Waals surface area contributed by atoms with Gasteiger partial charge in [-0.15, -0.1) is 0 Å². The van der Waals surface area contributed by atoms with Crippen molar-refractivity contribution in [2.24, 2.45) is 5.16 Å². The Labute approximate surface area is 118 Å². The number of hydrogen-bond donors (Lipinski definition) is 0. The summed E-state index contributed by atoms with van der Waals surface area (Å²) >= 11 is 6.01. The van der Waals surface area contributed by atoms with E-state index in [0.717, 1.165) is 17.5 Å². The van der Waals surface area contributed by atoms with Crippen LogP contribution in [-0.4, -0.2) is 6.21 Å². The number of rotatable bonds is 5. The van der Waals surface area contributed by atoms with Gasteiger partial charge in [-0.25, -0.2) is 0 Å². The van der Waals surface area contributed by atoms with Gasteiger partial charge in [-0.05, 0) is 23.6 Å². The molecule has 19 heavy (non-hydrogen) atoms. The molecule has 0 aliphatic heterocycles. The fraction of sp³-hybridized carbons (Fsp3) is 0.188. The molecular formula is C16H16ClNO.